The molecule has 0 amide bonds. The topological polar surface area (TPSA) is 192 Å². The molecule has 0 aromatic heterocycles. The molecule has 264 valence electrons. The van der Waals surface area contributed by atoms with Gasteiger partial charge >= 0.3 is 0 Å². The number of rotatable bonds is 11. The van der Waals surface area contributed by atoms with Crippen molar-refractivity contribution in [2.75, 3.05) is 35.5 Å². The molecule has 16 heteroatoms. The Balaban J connectivity index is 1.54. The minimum atomic E-state index is -1.29. The highest BCUT2D eigenvalue weighted by molar-refractivity contribution is 4.97. The van der Waals surface area contributed by atoms with E-state index >= 15 is 0 Å². The molecule has 4 N–H and O–H groups in total. The third kappa shape index (κ3) is 7.83. The van der Waals surface area contributed by atoms with Crippen LogP contribution in [0.15, 0.2) is 0 Å². The van der Waals surface area contributed by atoms with Crippen LogP contribution in [0.3, 0.4) is 0 Å². The molecule has 4 rings (SSSR count). The number of hydrogen-bond acceptors (Lipinski definition) is 16. The molecule has 0 saturated carbocycles. The molecule has 4 saturated heterocycles. The van der Waals surface area contributed by atoms with Crippen LogP contribution in [-0.2, 0) is 56.8 Å². The fourth-order valence-corrected chi connectivity index (χ4v) is 6.66. The van der Waals surface area contributed by atoms with Crippen LogP contribution in [0.5, 0.6) is 0 Å². The van der Waals surface area contributed by atoms with Gasteiger partial charge in [0.05, 0.1) is 30.5 Å². The van der Waals surface area contributed by atoms with E-state index in [1.165, 1.54) is 35.5 Å². The van der Waals surface area contributed by atoms with Crippen LogP contribution in [-0.4, -0.2) is 173 Å². The summed E-state index contributed by atoms with van der Waals surface area (Å²) in [7, 11) is 7.24. The van der Waals surface area contributed by atoms with Gasteiger partial charge in [-0.15, -0.1) is 0 Å². The van der Waals surface area contributed by atoms with E-state index in [-0.39, 0.29) is 6.42 Å². The maximum Gasteiger partial charge on any atom is 0.187 e. The molecule has 19 atom stereocenters. The lowest BCUT2D eigenvalue weighted by Gasteiger charge is -2.50. The molecule has 4 fully saturated rings. The second kappa shape index (κ2) is 16.2. The van der Waals surface area contributed by atoms with E-state index < -0.39 is 117 Å². The lowest BCUT2D eigenvalue weighted by atomic mass is 9.96. The van der Waals surface area contributed by atoms with Crippen LogP contribution in [0.4, 0.5) is 0 Å². The SMILES string of the molecule is CO[C@@H]1[C@H](O[C@@H]2[C@@H](O)[C@H](C)O[C@@H](O[C@@H]3[C@@H](OC)[C@H](C)O[C@@H](O)[C@@H]3OC)[C@@H]2OC)O[C@@H](C)[C@@H](O)[C@H]1O[C@H]1C[C@H](O)[C@@H](OC)[C@H](C)O1. The third-order valence-electron chi connectivity index (χ3n) is 9.16. The van der Waals surface area contributed by atoms with Crippen LogP contribution in [0, 0.1) is 0 Å². The van der Waals surface area contributed by atoms with E-state index in [2.05, 4.69) is 0 Å². The molecule has 0 aromatic rings. The standard InChI is InChI=1S/C29H52O16/c1-11-17(31)21(43-16-10-15(30)19(34-5)13(3)39-16)25(37-8)28(41-11)44-22-18(32)12(2)42-29(26(22)38-9)45-23-20(35-6)14(4)40-27(33)24(23)36-7/h11-33H,10H2,1-9H3/t11-,12-,13-,14-,15-,16-,17+,18-,19-,20-,21+,22+,23+,24+,25-,26+,27+,28-,29-/m0/s1. The van der Waals surface area contributed by atoms with Crippen molar-refractivity contribution in [3.8, 4) is 0 Å². The Morgan fingerprint density at radius 3 is 1.36 bits per heavy atom. The predicted molar refractivity (Wildman–Crippen MR) is 151 cm³/mol. The molecular weight excluding hydrogens is 604 g/mol. The monoisotopic (exact) mass is 656 g/mol. The summed E-state index contributed by atoms with van der Waals surface area (Å²) in [5.41, 5.74) is 0. The van der Waals surface area contributed by atoms with Gasteiger partial charge in [0.15, 0.2) is 25.2 Å². The first-order chi connectivity index (χ1) is 21.4. The molecule has 4 aliphatic rings. The summed E-state index contributed by atoms with van der Waals surface area (Å²) in [5, 5.41) is 43.4. The Morgan fingerprint density at radius 1 is 0.444 bits per heavy atom. The Morgan fingerprint density at radius 2 is 0.889 bits per heavy atom. The van der Waals surface area contributed by atoms with Gasteiger partial charge in [-0.2, -0.15) is 0 Å². The molecule has 0 radical (unpaired) electrons. The number of aliphatic hydroxyl groups excluding tert-OH is 4. The molecule has 0 unspecified atom stereocenters. The van der Waals surface area contributed by atoms with Gasteiger partial charge in [0.25, 0.3) is 0 Å². The van der Waals surface area contributed by atoms with Crippen LogP contribution in [0.25, 0.3) is 0 Å². The summed E-state index contributed by atoms with van der Waals surface area (Å²) in [6, 6.07) is 0. The third-order valence-corrected chi connectivity index (χ3v) is 9.16. The first-order valence-electron chi connectivity index (χ1n) is 15.3. The highest BCUT2D eigenvalue weighted by Crippen LogP contribution is 2.36. The second-order valence-corrected chi connectivity index (χ2v) is 12.0. The van der Waals surface area contributed by atoms with Crippen LogP contribution >= 0.6 is 0 Å². The molecule has 4 aliphatic heterocycles. The molecule has 0 spiro atoms. The highest BCUT2D eigenvalue weighted by Gasteiger charge is 2.54. The molecule has 4 heterocycles. The van der Waals surface area contributed by atoms with Crippen LogP contribution in [0.1, 0.15) is 34.1 Å². The average molecular weight is 657 g/mol. The normalized spacial score (nSPS) is 51.3. The average Bonchev–Trinajstić information content (AvgIpc) is 2.98. The largest absolute Gasteiger partial charge is 0.390 e. The number of methoxy groups -OCH3 is 5. The fraction of sp³-hybridized carbons (Fsp3) is 1.00. The summed E-state index contributed by atoms with van der Waals surface area (Å²) in [6.07, 6.45) is -17.1. The van der Waals surface area contributed by atoms with E-state index in [1.54, 1.807) is 27.7 Å². The maximum absolute atomic E-state index is 11.3. The Hall–Kier alpha value is -0.640. The Kier molecular flexibility index (Phi) is 13.4. The minimum absolute atomic E-state index is 0.106. The van der Waals surface area contributed by atoms with Crippen molar-refractivity contribution >= 4 is 0 Å². The molecular formula is C29H52O16. The first-order valence-corrected chi connectivity index (χ1v) is 15.3. The van der Waals surface area contributed by atoms with Gasteiger partial charge in [0.1, 0.15) is 61.0 Å². The van der Waals surface area contributed by atoms with E-state index in [9.17, 15) is 20.4 Å². The zero-order valence-electron chi connectivity index (χ0n) is 27.4. The summed E-state index contributed by atoms with van der Waals surface area (Å²) in [5.74, 6) is 0. The fourth-order valence-electron chi connectivity index (χ4n) is 6.66. The molecule has 0 bridgehead atoms. The minimum Gasteiger partial charge on any atom is -0.390 e. The van der Waals surface area contributed by atoms with Gasteiger partial charge in [0, 0.05) is 42.0 Å². The van der Waals surface area contributed by atoms with Gasteiger partial charge < -0.3 is 77.3 Å². The maximum atomic E-state index is 11.3. The number of aliphatic hydroxyl groups is 4. The van der Waals surface area contributed by atoms with Crippen molar-refractivity contribution < 1.29 is 77.3 Å². The summed E-state index contributed by atoms with van der Waals surface area (Å²) < 4.78 is 70.4. The van der Waals surface area contributed by atoms with E-state index in [0.717, 1.165) is 0 Å². The molecule has 45 heavy (non-hydrogen) atoms. The summed E-state index contributed by atoms with van der Waals surface area (Å²) >= 11 is 0. The van der Waals surface area contributed by atoms with E-state index in [1.807, 2.05) is 0 Å². The van der Waals surface area contributed by atoms with Gasteiger partial charge in [-0.05, 0) is 27.7 Å². The van der Waals surface area contributed by atoms with Gasteiger partial charge in [-0.3, -0.25) is 0 Å². The molecule has 0 aromatic carbocycles. The summed E-state index contributed by atoms with van der Waals surface area (Å²) in [6.45, 7) is 6.81. The van der Waals surface area contributed by atoms with Crippen LogP contribution in [0.2, 0.25) is 0 Å². The highest BCUT2D eigenvalue weighted by atomic mass is 16.8. The predicted octanol–water partition coefficient (Wildman–Crippen LogP) is -1.34. The zero-order valence-corrected chi connectivity index (χ0v) is 27.4. The summed E-state index contributed by atoms with van der Waals surface area (Å²) in [4.78, 5) is 0. The van der Waals surface area contributed by atoms with Crippen LogP contribution < -0.4 is 0 Å². The van der Waals surface area contributed by atoms with Crippen molar-refractivity contribution in [2.45, 2.75) is 151 Å². The lowest BCUT2D eigenvalue weighted by Crippen LogP contribution is -2.66. The lowest BCUT2D eigenvalue weighted by molar-refractivity contribution is -0.384. The molecule has 0 aliphatic carbocycles. The quantitative estimate of drug-likeness (QED) is 0.204. The number of ether oxygens (including phenoxy) is 12. The van der Waals surface area contributed by atoms with Crippen molar-refractivity contribution in [1.29, 1.82) is 0 Å². The Labute approximate surface area is 263 Å². The van der Waals surface area contributed by atoms with Gasteiger partial charge in [-0.1, -0.05) is 0 Å². The van der Waals surface area contributed by atoms with Crippen molar-refractivity contribution in [2.24, 2.45) is 0 Å². The van der Waals surface area contributed by atoms with Gasteiger partial charge in [-0.25, -0.2) is 0 Å². The zero-order chi connectivity index (χ0) is 33.2. The Bertz CT molecular complexity index is 872. The second-order valence-electron chi connectivity index (χ2n) is 12.0. The van der Waals surface area contributed by atoms with Crippen molar-refractivity contribution in [1.82, 2.24) is 0 Å². The molecule has 16 nitrogen and oxygen atoms in total. The van der Waals surface area contributed by atoms with Crippen molar-refractivity contribution in [3.05, 3.63) is 0 Å². The van der Waals surface area contributed by atoms with E-state index in [0.29, 0.717) is 0 Å². The first kappa shape index (κ1) is 37.2. The smallest absolute Gasteiger partial charge is 0.187 e. The van der Waals surface area contributed by atoms with Crippen molar-refractivity contribution in [3.63, 3.8) is 0 Å². The van der Waals surface area contributed by atoms with Gasteiger partial charge in [0.2, 0.25) is 0 Å². The number of hydrogen-bond donors (Lipinski definition) is 4. The van der Waals surface area contributed by atoms with E-state index in [4.69, 9.17) is 56.8 Å².